The van der Waals surface area contributed by atoms with Crippen LogP contribution in [0.4, 0.5) is 5.69 Å². The molecule has 0 spiro atoms. The van der Waals surface area contributed by atoms with Crippen molar-refractivity contribution in [3.63, 3.8) is 0 Å². The summed E-state index contributed by atoms with van der Waals surface area (Å²) in [4.78, 5) is 17.2. The number of anilines is 1. The second-order valence-corrected chi connectivity index (χ2v) is 9.94. The number of hydrogen-bond acceptors (Lipinski definition) is 5. The first-order chi connectivity index (χ1) is 14.2. The van der Waals surface area contributed by atoms with Crippen LogP contribution in [-0.2, 0) is 21.4 Å². The summed E-state index contributed by atoms with van der Waals surface area (Å²) in [5, 5.41) is 4.12. The average Bonchev–Trinajstić information content (AvgIpc) is 3.04. The molecular formula is C20H23ClN4O3S2. The summed E-state index contributed by atoms with van der Waals surface area (Å²) in [6, 6.07) is 10.4. The summed E-state index contributed by atoms with van der Waals surface area (Å²) in [5.74, 6) is -0.104. The fraction of sp³-hybridized carbons (Fsp3) is 0.300. The Labute approximate surface area is 185 Å². The third-order valence-corrected chi connectivity index (χ3v) is 7.25. The van der Waals surface area contributed by atoms with Gasteiger partial charge in [-0.05, 0) is 56.3 Å². The highest BCUT2D eigenvalue weighted by molar-refractivity contribution is 7.99. The Hall–Kier alpha value is -2.07. The molecule has 1 amide bonds. The number of hydrogen-bond donors (Lipinski definition) is 2. The Kier molecular flexibility index (Phi) is 7.07. The maximum Gasteiger partial charge on any atom is 0.240 e. The minimum atomic E-state index is -3.60. The van der Waals surface area contributed by atoms with E-state index in [9.17, 15) is 13.2 Å². The Morgan fingerprint density at radius 3 is 2.70 bits per heavy atom. The number of carbonyl (C=O) groups is 1. The third kappa shape index (κ3) is 4.97. The molecule has 0 unspecified atom stereocenters. The molecule has 0 fully saturated rings. The molecule has 0 aliphatic heterocycles. The van der Waals surface area contributed by atoms with Crippen molar-refractivity contribution in [1.29, 1.82) is 0 Å². The van der Waals surface area contributed by atoms with E-state index in [0.29, 0.717) is 16.3 Å². The maximum absolute atomic E-state index is 12.5. The van der Waals surface area contributed by atoms with Crippen LogP contribution in [0.15, 0.2) is 46.5 Å². The molecule has 0 radical (unpaired) electrons. The van der Waals surface area contributed by atoms with Crippen molar-refractivity contribution in [3.05, 3.63) is 47.0 Å². The first-order valence-electron chi connectivity index (χ1n) is 9.37. The Morgan fingerprint density at radius 1 is 1.23 bits per heavy atom. The molecule has 0 saturated carbocycles. The predicted octanol–water partition coefficient (Wildman–Crippen LogP) is 4.05. The van der Waals surface area contributed by atoms with E-state index in [2.05, 4.69) is 26.5 Å². The average molecular weight is 467 g/mol. The summed E-state index contributed by atoms with van der Waals surface area (Å²) in [6.45, 7) is 4.57. The summed E-state index contributed by atoms with van der Waals surface area (Å²) in [5.41, 5.74) is 2.79. The van der Waals surface area contributed by atoms with Crippen molar-refractivity contribution < 1.29 is 13.2 Å². The van der Waals surface area contributed by atoms with Crippen LogP contribution in [0.1, 0.15) is 18.9 Å². The Bertz CT molecular complexity index is 1190. The third-order valence-electron chi connectivity index (χ3n) is 4.48. The molecule has 0 atom stereocenters. The number of aryl methyl sites for hydroxylation is 2. The highest BCUT2D eigenvalue weighted by Crippen LogP contribution is 2.27. The molecule has 1 aromatic heterocycles. The Balaban J connectivity index is 1.75. The van der Waals surface area contributed by atoms with Crippen molar-refractivity contribution in [1.82, 2.24) is 14.3 Å². The lowest BCUT2D eigenvalue weighted by Gasteiger charge is -2.11. The van der Waals surface area contributed by atoms with Crippen LogP contribution in [0.3, 0.4) is 0 Å². The molecule has 2 aromatic carbocycles. The van der Waals surface area contributed by atoms with Crippen LogP contribution < -0.4 is 10.0 Å². The summed E-state index contributed by atoms with van der Waals surface area (Å²) >= 11 is 7.40. The van der Waals surface area contributed by atoms with E-state index in [-0.39, 0.29) is 16.6 Å². The van der Waals surface area contributed by atoms with Crippen LogP contribution in [0.2, 0.25) is 5.02 Å². The molecule has 0 aliphatic carbocycles. The number of sulfonamides is 1. The minimum Gasteiger partial charge on any atom is -0.325 e. The van der Waals surface area contributed by atoms with Crippen molar-refractivity contribution >= 4 is 56.0 Å². The number of halogens is 1. The number of nitrogens with one attached hydrogen (secondary N) is 2. The Morgan fingerprint density at radius 2 is 2.00 bits per heavy atom. The fourth-order valence-corrected chi connectivity index (χ4v) is 5.04. The largest absolute Gasteiger partial charge is 0.325 e. The zero-order valence-electron chi connectivity index (χ0n) is 16.9. The molecule has 3 aromatic rings. The van der Waals surface area contributed by atoms with Gasteiger partial charge in [0.15, 0.2) is 5.16 Å². The molecule has 0 aliphatic rings. The van der Waals surface area contributed by atoms with E-state index in [1.807, 2.05) is 18.2 Å². The summed E-state index contributed by atoms with van der Waals surface area (Å²) in [7, 11) is -2.25. The predicted molar refractivity (Wildman–Crippen MR) is 122 cm³/mol. The normalized spacial score (nSPS) is 11.7. The van der Waals surface area contributed by atoms with Crippen LogP contribution >= 0.6 is 23.4 Å². The molecule has 1 heterocycles. The number of rotatable bonds is 8. The van der Waals surface area contributed by atoms with Crippen LogP contribution in [0.25, 0.3) is 11.0 Å². The van der Waals surface area contributed by atoms with Gasteiger partial charge in [-0.15, -0.1) is 0 Å². The van der Waals surface area contributed by atoms with Gasteiger partial charge in [-0.1, -0.05) is 36.4 Å². The molecule has 160 valence electrons. The summed E-state index contributed by atoms with van der Waals surface area (Å²) < 4.78 is 28.6. The molecular weight excluding hydrogens is 444 g/mol. The molecule has 7 nitrogen and oxygen atoms in total. The van der Waals surface area contributed by atoms with Gasteiger partial charge in [-0.2, -0.15) is 0 Å². The molecule has 0 saturated heterocycles. The standard InChI is InChI=1S/C20H23ClN4O3S2/c1-4-9-25-17-8-6-14(21)10-16(17)24-20(25)29-12-19(26)23-15-7-5-13(2)18(11-15)30(27,28)22-3/h5-8,10-11,22H,4,9,12H2,1-3H3,(H,23,26). The topological polar surface area (TPSA) is 93.1 Å². The van der Waals surface area contributed by atoms with Crippen LogP contribution in [0, 0.1) is 6.92 Å². The van der Waals surface area contributed by atoms with Gasteiger partial charge in [-0.25, -0.2) is 18.1 Å². The monoisotopic (exact) mass is 466 g/mol. The van der Waals surface area contributed by atoms with Gasteiger partial charge in [0.1, 0.15) is 0 Å². The highest BCUT2D eigenvalue weighted by Gasteiger charge is 2.17. The fourth-order valence-electron chi connectivity index (χ4n) is 3.04. The second kappa shape index (κ2) is 9.38. The number of aromatic nitrogens is 2. The zero-order chi connectivity index (χ0) is 21.9. The first-order valence-corrected chi connectivity index (χ1v) is 12.2. The highest BCUT2D eigenvalue weighted by atomic mass is 35.5. The van der Waals surface area contributed by atoms with E-state index >= 15 is 0 Å². The van der Waals surface area contributed by atoms with E-state index in [1.54, 1.807) is 19.1 Å². The lowest BCUT2D eigenvalue weighted by molar-refractivity contribution is -0.113. The van der Waals surface area contributed by atoms with Crippen molar-refractivity contribution in [2.45, 2.75) is 36.9 Å². The lowest BCUT2D eigenvalue weighted by Crippen LogP contribution is -2.20. The lowest BCUT2D eigenvalue weighted by atomic mass is 10.2. The van der Waals surface area contributed by atoms with E-state index in [0.717, 1.165) is 29.2 Å². The van der Waals surface area contributed by atoms with Gasteiger partial charge in [0.2, 0.25) is 15.9 Å². The van der Waals surface area contributed by atoms with E-state index < -0.39 is 10.0 Å². The number of fused-ring (bicyclic) bond motifs is 1. The van der Waals surface area contributed by atoms with Gasteiger partial charge in [0.05, 0.1) is 21.7 Å². The molecule has 30 heavy (non-hydrogen) atoms. The van der Waals surface area contributed by atoms with Crippen molar-refractivity contribution in [2.75, 3.05) is 18.1 Å². The zero-order valence-corrected chi connectivity index (χ0v) is 19.3. The number of carbonyl (C=O) groups excluding carboxylic acids is 1. The minimum absolute atomic E-state index is 0.136. The molecule has 2 N–H and O–H groups in total. The maximum atomic E-state index is 12.5. The number of amides is 1. The van der Waals surface area contributed by atoms with Crippen LogP contribution in [-0.4, -0.2) is 36.7 Å². The summed E-state index contributed by atoms with van der Waals surface area (Å²) in [6.07, 6.45) is 0.930. The smallest absolute Gasteiger partial charge is 0.240 e. The second-order valence-electron chi connectivity index (χ2n) is 6.70. The van der Waals surface area contributed by atoms with Crippen LogP contribution in [0.5, 0.6) is 0 Å². The molecule has 3 rings (SSSR count). The van der Waals surface area contributed by atoms with E-state index in [1.165, 1.54) is 24.9 Å². The van der Waals surface area contributed by atoms with E-state index in [4.69, 9.17) is 11.6 Å². The van der Waals surface area contributed by atoms with Crippen molar-refractivity contribution in [3.8, 4) is 0 Å². The van der Waals surface area contributed by atoms with Gasteiger partial charge >= 0.3 is 0 Å². The number of thioether (sulfide) groups is 1. The SMILES string of the molecule is CCCn1c(SCC(=O)Nc2ccc(C)c(S(=O)(=O)NC)c2)nc2cc(Cl)ccc21. The number of nitrogens with zero attached hydrogens (tertiary/aromatic N) is 2. The van der Waals surface area contributed by atoms with Gasteiger partial charge in [0.25, 0.3) is 0 Å². The molecule has 10 heteroatoms. The first kappa shape index (κ1) is 22.6. The van der Waals surface area contributed by atoms with Crippen molar-refractivity contribution in [2.24, 2.45) is 0 Å². The molecule has 0 bridgehead atoms. The quantitative estimate of drug-likeness (QED) is 0.488. The number of imidazole rings is 1. The van der Waals surface area contributed by atoms with Gasteiger partial charge in [0, 0.05) is 17.3 Å². The van der Waals surface area contributed by atoms with Gasteiger partial charge in [-0.3, -0.25) is 4.79 Å². The number of benzene rings is 2. The van der Waals surface area contributed by atoms with Gasteiger partial charge < -0.3 is 9.88 Å².